The lowest BCUT2D eigenvalue weighted by Crippen LogP contribution is -1.95. The molecule has 0 aliphatic rings. The predicted octanol–water partition coefficient (Wildman–Crippen LogP) is 2.38. The van der Waals surface area contributed by atoms with Crippen molar-refractivity contribution in [2.75, 3.05) is 6.61 Å². The fourth-order valence-corrected chi connectivity index (χ4v) is 0.930. The van der Waals surface area contributed by atoms with Gasteiger partial charge in [-0.2, -0.15) is 0 Å². The molecule has 0 radical (unpaired) electrons. The Morgan fingerprint density at radius 2 is 2.18 bits per heavy atom. The maximum absolute atomic E-state index is 9.74. The largest absolute Gasteiger partial charge is 0.468 e. The number of unbranched alkanes of at least 4 members (excludes halogenated alkanes) is 1. The zero-order valence-electron chi connectivity index (χ0n) is 7.51. The Labute approximate surface area is 68.9 Å². The third kappa shape index (κ3) is 7.37. The van der Waals surface area contributed by atoms with Crippen molar-refractivity contribution in [2.45, 2.75) is 39.5 Å². The van der Waals surface area contributed by atoms with Crippen molar-refractivity contribution in [3.05, 3.63) is 0 Å². The molecule has 0 saturated carbocycles. The molecule has 0 aromatic carbocycles. The highest BCUT2D eigenvalue weighted by Crippen LogP contribution is 2.10. The Balaban J connectivity index is 2.95. The molecule has 2 heteroatoms. The molecule has 0 aromatic rings. The molecule has 11 heavy (non-hydrogen) atoms. The smallest absolute Gasteiger partial charge is 0.293 e. The monoisotopic (exact) mass is 158 g/mol. The van der Waals surface area contributed by atoms with Crippen LogP contribution in [0.25, 0.3) is 0 Å². The van der Waals surface area contributed by atoms with Crippen LogP contribution in [0.4, 0.5) is 0 Å². The highest BCUT2D eigenvalue weighted by atomic mass is 16.5. The number of ether oxygens (including phenoxy) is 1. The quantitative estimate of drug-likeness (QED) is 0.420. The van der Waals surface area contributed by atoms with Crippen LogP contribution in [0.1, 0.15) is 39.5 Å². The lowest BCUT2D eigenvalue weighted by molar-refractivity contribution is -0.128. The van der Waals surface area contributed by atoms with Gasteiger partial charge in [0.25, 0.3) is 6.47 Å². The van der Waals surface area contributed by atoms with Gasteiger partial charge in [-0.3, -0.25) is 4.79 Å². The fourth-order valence-electron chi connectivity index (χ4n) is 0.930. The Morgan fingerprint density at radius 3 is 2.73 bits per heavy atom. The summed E-state index contributed by atoms with van der Waals surface area (Å²) in [6.45, 7) is 5.55. The van der Waals surface area contributed by atoms with Gasteiger partial charge in [-0.05, 0) is 18.8 Å². The maximum Gasteiger partial charge on any atom is 0.293 e. The summed E-state index contributed by atoms with van der Waals surface area (Å²) in [6, 6.07) is 0. The Bertz CT molecular complexity index is 91.6. The van der Waals surface area contributed by atoms with Gasteiger partial charge >= 0.3 is 0 Å². The van der Waals surface area contributed by atoms with Crippen molar-refractivity contribution >= 4 is 6.47 Å². The number of rotatable bonds is 7. The van der Waals surface area contributed by atoms with E-state index in [4.69, 9.17) is 0 Å². The van der Waals surface area contributed by atoms with E-state index < -0.39 is 0 Å². The van der Waals surface area contributed by atoms with Crippen LogP contribution in [-0.2, 0) is 9.53 Å². The van der Waals surface area contributed by atoms with E-state index in [-0.39, 0.29) is 0 Å². The van der Waals surface area contributed by atoms with Crippen LogP contribution in [0.5, 0.6) is 0 Å². The molecule has 0 fully saturated rings. The van der Waals surface area contributed by atoms with Crippen molar-refractivity contribution in [1.29, 1.82) is 0 Å². The zero-order chi connectivity index (χ0) is 8.53. The number of hydrogen-bond donors (Lipinski definition) is 0. The second-order valence-electron chi connectivity index (χ2n) is 2.98. The molecule has 0 amide bonds. The van der Waals surface area contributed by atoms with Gasteiger partial charge in [-0.15, -0.1) is 0 Å². The first kappa shape index (κ1) is 10.5. The Morgan fingerprint density at radius 1 is 1.45 bits per heavy atom. The summed E-state index contributed by atoms with van der Waals surface area (Å²) < 4.78 is 4.57. The number of carbonyl (C=O) groups excluding carboxylic acids is 1. The number of hydrogen-bond acceptors (Lipinski definition) is 2. The molecule has 1 unspecified atom stereocenters. The molecular formula is C9H18O2. The van der Waals surface area contributed by atoms with Crippen LogP contribution in [-0.4, -0.2) is 13.1 Å². The average molecular weight is 158 g/mol. The van der Waals surface area contributed by atoms with Crippen LogP contribution in [0, 0.1) is 5.92 Å². The van der Waals surface area contributed by atoms with E-state index in [0.29, 0.717) is 13.1 Å². The normalized spacial score (nSPS) is 12.5. The minimum absolute atomic E-state index is 0.517. The summed E-state index contributed by atoms with van der Waals surface area (Å²) >= 11 is 0. The first-order chi connectivity index (χ1) is 5.31. The lowest BCUT2D eigenvalue weighted by Gasteiger charge is -2.06. The Kier molecular flexibility index (Phi) is 7.21. The van der Waals surface area contributed by atoms with Gasteiger partial charge in [0.15, 0.2) is 0 Å². The number of carbonyl (C=O) groups is 1. The summed E-state index contributed by atoms with van der Waals surface area (Å²) in [7, 11) is 0. The summed E-state index contributed by atoms with van der Waals surface area (Å²) in [4.78, 5) is 9.74. The van der Waals surface area contributed by atoms with E-state index in [1.807, 2.05) is 0 Å². The highest BCUT2D eigenvalue weighted by Gasteiger charge is 1.97. The minimum Gasteiger partial charge on any atom is -0.468 e. The molecule has 66 valence electrons. The van der Waals surface area contributed by atoms with Gasteiger partial charge in [0.2, 0.25) is 0 Å². The third-order valence-electron chi connectivity index (χ3n) is 1.97. The maximum atomic E-state index is 9.74. The highest BCUT2D eigenvalue weighted by molar-refractivity contribution is 5.36. The summed E-state index contributed by atoms with van der Waals surface area (Å²) in [5, 5.41) is 0. The van der Waals surface area contributed by atoms with Crippen LogP contribution in [0.3, 0.4) is 0 Å². The molecule has 0 rings (SSSR count). The van der Waals surface area contributed by atoms with E-state index in [0.717, 1.165) is 12.3 Å². The summed E-state index contributed by atoms with van der Waals surface area (Å²) in [5.41, 5.74) is 0. The topological polar surface area (TPSA) is 26.3 Å². The zero-order valence-corrected chi connectivity index (χ0v) is 7.51. The van der Waals surface area contributed by atoms with Crippen molar-refractivity contribution in [3.8, 4) is 0 Å². The van der Waals surface area contributed by atoms with E-state index in [9.17, 15) is 4.79 Å². The van der Waals surface area contributed by atoms with Crippen LogP contribution < -0.4 is 0 Å². The van der Waals surface area contributed by atoms with E-state index >= 15 is 0 Å². The fraction of sp³-hybridized carbons (Fsp3) is 0.889. The second kappa shape index (κ2) is 7.58. The third-order valence-corrected chi connectivity index (χ3v) is 1.97. The molecule has 0 N–H and O–H groups in total. The van der Waals surface area contributed by atoms with Gasteiger partial charge in [-0.1, -0.05) is 26.7 Å². The second-order valence-corrected chi connectivity index (χ2v) is 2.98. The first-order valence-corrected chi connectivity index (χ1v) is 4.36. The van der Waals surface area contributed by atoms with Crippen molar-refractivity contribution in [3.63, 3.8) is 0 Å². The van der Waals surface area contributed by atoms with Gasteiger partial charge in [0.1, 0.15) is 0 Å². The van der Waals surface area contributed by atoms with Crippen LogP contribution in [0.2, 0.25) is 0 Å². The standard InChI is InChI=1S/C9H18O2/c1-3-9(2)6-4-5-7-11-8-10/h8-9H,3-7H2,1-2H3. The molecule has 0 aliphatic carbocycles. The van der Waals surface area contributed by atoms with Crippen LogP contribution in [0.15, 0.2) is 0 Å². The molecule has 0 aliphatic heterocycles. The predicted molar refractivity (Wildman–Crippen MR) is 45.3 cm³/mol. The van der Waals surface area contributed by atoms with E-state index in [1.165, 1.54) is 19.3 Å². The van der Waals surface area contributed by atoms with E-state index in [1.54, 1.807) is 0 Å². The molecular weight excluding hydrogens is 140 g/mol. The van der Waals surface area contributed by atoms with Gasteiger partial charge in [0.05, 0.1) is 6.61 Å². The van der Waals surface area contributed by atoms with Gasteiger partial charge in [0, 0.05) is 0 Å². The van der Waals surface area contributed by atoms with Crippen molar-refractivity contribution < 1.29 is 9.53 Å². The molecule has 0 saturated heterocycles. The average Bonchev–Trinajstić information content (AvgIpc) is 2.04. The first-order valence-electron chi connectivity index (χ1n) is 4.36. The molecule has 2 nitrogen and oxygen atoms in total. The molecule has 1 atom stereocenters. The van der Waals surface area contributed by atoms with Crippen LogP contribution >= 0.6 is 0 Å². The van der Waals surface area contributed by atoms with Crippen molar-refractivity contribution in [2.24, 2.45) is 5.92 Å². The summed E-state index contributed by atoms with van der Waals surface area (Å²) in [6.07, 6.45) is 4.67. The van der Waals surface area contributed by atoms with E-state index in [2.05, 4.69) is 18.6 Å². The Hall–Kier alpha value is -0.530. The van der Waals surface area contributed by atoms with Gasteiger partial charge in [-0.25, -0.2) is 0 Å². The van der Waals surface area contributed by atoms with Crippen molar-refractivity contribution in [1.82, 2.24) is 0 Å². The molecule has 0 heterocycles. The van der Waals surface area contributed by atoms with Gasteiger partial charge < -0.3 is 4.74 Å². The SMILES string of the molecule is CCC(C)CCCCOC=O. The molecule has 0 bridgehead atoms. The summed E-state index contributed by atoms with van der Waals surface area (Å²) in [5.74, 6) is 0.811. The minimum atomic E-state index is 0.517. The lowest BCUT2D eigenvalue weighted by atomic mass is 10.0. The molecule has 0 aromatic heterocycles. The molecule has 0 spiro atoms.